The second kappa shape index (κ2) is 5.49. The van der Waals surface area contributed by atoms with Gasteiger partial charge in [0.15, 0.2) is 0 Å². The van der Waals surface area contributed by atoms with Gasteiger partial charge in [-0.15, -0.1) is 0 Å². The van der Waals surface area contributed by atoms with Crippen LogP contribution in [0, 0.1) is 5.82 Å². The first-order chi connectivity index (χ1) is 8.88. The Labute approximate surface area is 121 Å². The summed E-state index contributed by atoms with van der Waals surface area (Å²) in [4.78, 5) is 0. The van der Waals surface area contributed by atoms with Gasteiger partial charge in [0, 0.05) is 16.5 Å². The quantitative estimate of drug-likeness (QED) is 0.879. The first kappa shape index (κ1) is 14.3. The molecule has 0 aliphatic heterocycles. The van der Waals surface area contributed by atoms with E-state index in [-0.39, 0.29) is 6.42 Å². The van der Waals surface area contributed by atoms with Crippen LogP contribution in [-0.4, -0.2) is 5.11 Å². The summed E-state index contributed by atoms with van der Waals surface area (Å²) >= 11 is 11.6. The van der Waals surface area contributed by atoms with Crippen LogP contribution in [0.1, 0.15) is 18.1 Å². The molecule has 0 aliphatic rings. The van der Waals surface area contributed by atoms with E-state index in [2.05, 4.69) is 0 Å². The highest BCUT2D eigenvalue weighted by molar-refractivity contribution is 6.30. The lowest BCUT2D eigenvalue weighted by molar-refractivity contribution is 0.0567. The Morgan fingerprint density at radius 3 is 2.42 bits per heavy atom. The molecule has 0 radical (unpaired) electrons. The van der Waals surface area contributed by atoms with Crippen molar-refractivity contribution in [2.75, 3.05) is 0 Å². The van der Waals surface area contributed by atoms with Crippen molar-refractivity contribution in [1.82, 2.24) is 0 Å². The van der Waals surface area contributed by atoms with E-state index in [9.17, 15) is 9.50 Å². The van der Waals surface area contributed by atoms with E-state index in [1.165, 1.54) is 6.07 Å². The van der Waals surface area contributed by atoms with E-state index in [1.807, 2.05) is 0 Å². The fourth-order valence-corrected chi connectivity index (χ4v) is 2.31. The normalized spacial score (nSPS) is 14.2. The van der Waals surface area contributed by atoms with Crippen LogP contribution >= 0.6 is 23.2 Å². The molecule has 1 nitrogen and oxygen atoms in total. The van der Waals surface area contributed by atoms with Gasteiger partial charge >= 0.3 is 0 Å². The molecule has 4 heteroatoms. The second-order valence-corrected chi connectivity index (χ2v) is 5.57. The summed E-state index contributed by atoms with van der Waals surface area (Å²) in [7, 11) is 0. The van der Waals surface area contributed by atoms with Crippen LogP contribution in [0.3, 0.4) is 0 Å². The molecule has 100 valence electrons. The van der Waals surface area contributed by atoms with Crippen LogP contribution in [0.25, 0.3) is 0 Å². The largest absolute Gasteiger partial charge is 0.385 e. The molecule has 0 bridgehead atoms. The smallest absolute Gasteiger partial charge is 0.127 e. The van der Waals surface area contributed by atoms with Gasteiger partial charge in [-0.05, 0) is 42.3 Å². The third kappa shape index (κ3) is 3.47. The van der Waals surface area contributed by atoms with Crippen molar-refractivity contribution < 1.29 is 9.50 Å². The summed E-state index contributed by atoms with van der Waals surface area (Å²) in [6, 6.07) is 11.3. The molecule has 0 fully saturated rings. The van der Waals surface area contributed by atoms with Crippen LogP contribution in [0.4, 0.5) is 4.39 Å². The van der Waals surface area contributed by atoms with Crippen molar-refractivity contribution in [2.45, 2.75) is 18.9 Å². The number of halogens is 3. The maximum atomic E-state index is 13.8. The molecular formula is C15H13Cl2FO. The van der Waals surface area contributed by atoms with Gasteiger partial charge in [0.05, 0.1) is 5.60 Å². The van der Waals surface area contributed by atoms with Crippen LogP contribution in [0.15, 0.2) is 42.5 Å². The number of hydrogen-bond donors (Lipinski definition) is 1. The maximum absolute atomic E-state index is 13.8. The minimum Gasteiger partial charge on any atom is -0.385 e. The van der Waals surface area contributed by atoms with E-state index in [0.29, 0.717) is 21.2 Å². The maximum Gasteiger partial charge on any atom is 0.127 e. The van der Waals surface area contributed by atoms with Gasteiger partial charge in [-0.2, -0.15) is 0 Å². The lowest BCUT2D eigenvalue weighted by Gasteiger charge is -2.24. The van der Waals surface area contributed by atoms with Crippen molar-refractivity contribution in [3.05, 3.63) is 69.5 Å². The number of rotatable bonds is 3. The summed E-state index contributed by atoms with van der Waals surface area (Å²) < 4.78 is 13.8. The molecule has 0 aromatic heterocycles. The lowest BCUT2D eigenvalue weighted by atomic mass is 9.89. The fourth-order valence-electron chi connectivity index (χ4n) is 1.96. The van der Waals surface area contributed by atoms with Crippen LogP contribution in [-0.2, 0) is 12.0 Å². The molecule has 19 heavy (non-hydrogen) atoms. The predicted molar refractivity (Wildman–Crippen MR) is 76.1 cm³/mol. The van der Waals surface area contributed by atoms with Gasteiger partial charge in [0.2, 0.25) is 0 Å². The van der Waals surface area contributed by atoms with E-state index in [4.69, 9.17) is 23.2 Å². The van der Waals surface area contributed by atoms with Crippen molar-refractivity contribution in [1.29, 1.82) is 0 Å². The van der Waals surface area contributed by atoms with Crippen LogP contribution < -0.4 is 0 Å². The first-order valence-corrected chi connectivity index (χ1v) is 6.56. The van der Waals surface area contributed by atoms with Gasteiger partial charge in [0.25, 0.3) is 0 Å². The van der Waals surface area contributed by atoms with Gasteiger partial charge < -0.3 is 5.11 Å². The number of hydrogen-bond acceptors (Lipinski definition) is 1. The van der Waals surface area contributed by atoms with E-state index >= 15 is 0 Å². The molecule has 0 amide bonds. The van der Waals surface area contributed by atoms with Gasteiger partial charge in [-0.1, -0.05) is 41.4 Å². The predicted octanol–water partition coefficient (Wildman–Crippen LogP) is 4.58. The van der Waals surface area contributed by atoms with E-state index in [1.54, 1.807) is 43.3 Å². The zero-order valence-electron chi connectivity index (χ0n) is 10.3. The molecule has 2 aromatic rings. The molecule has 0 saturated heterocycles. The number of benzene rings is 2. The lowest BCUT2D eigenvalue weighted by Crippen LogP contribution is -2.24. The Kier molecular flexibility index (Phi) is 4.14. The molecule has 1 atom stereocenters. The zero-order chi connectivity index (χ0) is 14.0. The Morgan fingerprint density at radius 1 is 1.11 bits per heavy atom. The topological polar surface area (TPSA) is 20.2 Å². The highest BCUT2D eigenvalue weighted by Gasteiger charge is 2.25. The molecule has 2 rings (SSSR count). The third-order valence-electron chi connectivity index (χ3n) is 3.00. The summed E-state index contributed by atoms with van der Waals surface area (Å²) in [5.74, 6) is -0.421. The zero-order valence-corrected chi connectivity index (χ0v) is 11.8. The summed E-state index contributed by atoms with van der Waals surface area (Å²) in [5, 5.41) is 11.4. The van der Waals surface area contributed by atoms with Crippen molar-refractivity contribution >= 4 is 23.2 Å². The van der Waals surface area contributed by atoms with Crippen molar-refractivity contribution in [3.63, 3.8) is 0 Å². The molecule has 0 aliphatic carbocycles. The van der Waals surface area contributed by atoms with Crippen molar-refractivity contribution in [3.8, 4) is 0 Å². The molecule has 0 heterocycles. The van der Waals surface area contributed by atoms with Gasteiger partial charge in [-0.3, -0.25) is 0 Å². The molecule has 0 spiro atoms. The highest BCUT2D eigenvalue weighted by Crippen LogP contribution is 2.28. The monoisotopic (exact) mass is 298 g/mol. The Balaban J connectivity index is 2.30. The Hall–Kier alpha value is -1.09. The number of aliphatic hydroxyl groups is 1. The second-order valence-electron chi connectivity index (χ2n) is 4.70. The minimum absolute atomic E-state index is 0.149. The van der Waals surface area contributed by atoms with Crippen molar-refractivity contribution in [2.24, 2.45) is 0 Å². The average Bonchev–Trinajstić information content (AvgIpc) is 2.33. The van der Waals surface area contributed by atoms with Crippen LogP contribution in [0.5, 0.6) is 0 Å². The first-order valence-electron chi connectivity index (χ1n) is 5.81. The van der Waals surface area contributed by atoms with Crippen LogP contribution in [0.2, 0.25) is 10.0 Å². The molecule has 0 saturated carbocycles. The molecule has 2 aromatic carbocycles. The molecule has 1 N–H and O–H groups in total. The Morgan fingerprint density at radius 2 is 1.79 bits per heavy atom. The summed E-state index contributed by atoms with van der Waals surface area (Å²) in [5.41, 5.74) is -0.136. The summed E-state index contributed by atoms with van der Waals surface area (Å²) in [6.45, 7) is 1.63. The van der Waals surface area contributed by atoms with Gasteiger partial charge in [-0.25, -0.2) is 4.39 Å². The highest BCUT2D eigenvalue weighted by atomic mass is 35.5. The third-order valence-corrected chi connectivity index (χ3v) is 3.47. The average molecular weight is 299 g/mol. The minimum atomic E-state index is -1.19. The standard InChI is InChI=1S/C15H13Cl2FO/c1-15(19,11-3-2-4-12(16)7-11)9-10-5-6-13(17)8-14(10)18/h2-8,19H,9H2,1H3. The fraction of sp³-hybridized carbons (Fsp3) is 0.200. The molecule has 1 unspecified atom stereocenters. The SMILES string of the molecule is CC(O)(Cc1ccc(Cl)cc1F)c1cccc(Cl)c1. The summed E-state index contributed by atoms with van der Waals surface area (Å²) in [6.07, 6.45) is 0.149. The van der Waals surface area contributed by atoms with E-state index in [0.717, 1.165) is 0 Å². The van der Waals surface area contributed by atoms with E-state index < -0.39 is 11.4 Å². The molecular weight excluding hydrogens is 286 g/mol. The van der Waals surface area contributed by atoms with Gasteiger partial charge in [0.1, 0.15) is 5.82 Å². The Bertz CT molecular complexity index is 596.